The maximum absolute atomic E-state index is 12.7. The minimum atomic E-state index is 0.106. The Morgan fingerprint density at radius 3 is 2.73 bits per heavy atom. The topological polar surface area (TPSA) is 41.6 Å². The van der Waals surface area contributed by atoms with Crippen molar-refractivity contribution in [3.63, 3.8) is 0 Å². The largest absolute Gasteiger partial charge is 0.496 e. The van der Waals surface area contributed by atoms with E-state index in [9.17, 15) is 4.79 Å². The van der Waals surface area contributed by atoms with Gasteiger partial charge in [-0.25, -0.2) is 0 Å². The second-order valence-electron chi connectivity index (χ2n) is 5.44. The molecule has 1 saturated heterocycles. The molecule has 3 rings (SSSR count). The Kier molecular flexibility index (Phi) is 4.75. The summed E-state index contributed by atoms with van der Waals surface area (Å²) < 4.78 is 5.41. The zero-order chi connectivity index (χ0) is 15.4. The lowest BCUT2D eigenvalue weighted by Crippen LogP contribution is -2.51. The van der Waals surface area contributed by atoms with E-state index in [2.05, 4.69) is 11.4 Å². The van der Waals surface area contributed by atoms with Crippen molar-refractivity contribution in [1.29, 1.82) is 0 Å². The first-order valence-electron chi connectivity index (χ1n) is 7.41. The Bertz CT molecular complexity index is 623. The van der Waals surface area contributed by atoms with Gasteiger partial charge in [0.15, 0.2) is 0 Å². The summed E-state index contributed by atoms with van der Waals surface area (Å²) in [6.07, 6.45) is 0. The molecule has 0 spiro atoms. The van der Waals surface area contributed by atoms with Crippen molar-refractivity contribution in [3.05, 3.63) is 52.2 Å². The fourth-order valence-electron chi connectivity index (χ4n) is 2.56. The average molecular weight is 316 g/mol. The number of benzene rings is 1. The van der Waals surface area contributed by atoms with Crippen molar-refractivity contribution in [2.75, 3.05) is 20.2 Å². The SMILES string of the molecule is COc1ccccc1CN(Cc1cccs1)C(=O)C1CNC1. The van der Waals surface area contributed by atoms with Crippen LogP contribution in [0.15, 0.2) is 41.8 Å². The minimum absolute atomic E-state index is 0.106. The first-order chi connectivity index (χ1) is 10.8. The summed E-state index contributed by atoms with van der Waals surface area (Å²) in [5.74, 6) is 1.16. The molecular formula is C17H20N2O2S. The van der Waals surface area contributed by atoms with Crippen LogP contribution in [0.25, 0.3) is 0 Å². The molecule has 1 N–H and O–H groups in total. The first kappa shape index (κ1) is 15.1. The van der Waals surface area contributed by atoms with Gasteiger partial charge in [0.05, 0.1) is 19.6 Å². The smallest absolute Gasteiger partial charge is 0.228 e. The predicted octanol–water partition coefficient (Wildman–Crippen LogP) is 2.50. The van der Waals surface area contributed by atoms with E-state index in [0.717, 1.165) is 24.4 Å². The molecule has 5 heteroatoms. The molecule has 116 valence electrons. The summed E-state index contributed by atoms with van der Waals surface area (Å²) in [6, 6.07) is 12.0. The van der Waals surface area contributed by atoms with E-state index in [0.29, 0.717) is 13.1 Å². The molecule has 1 fully saturated rings. The Morgan fingerprint density at radius 2 is 2.09 bits per heavy atom. The number of nitrogens with zero attached hydrogens (tertiary/aromatic N) is 1. The molecule has 4 nitrogen and oxygen atoms in total. The predicted molar refractivity (Wildman–Crippen MR) is 87.9 cm³/mol. The van der Waals surface area contributed by atoms with Crippen LogP contribution in [0.1, 0.15) is 10.4 Å². The van der Waals surface area contributed by atoms with Gasteiger partial charge >= 0.3 is 0 Å². The fraction of sp³-hybridized carbons (Fsp3) is 0.353. The number of rotatable bonds is 6. The number of thiophene rings is 1. The lowest BCUT2D eigenvalue weighted by Gasteiger charge is -2.32. The van der Waals surface area contributed by atoms with E-state index in [1.54, 1.807) is 18.4 Å². The van der Waals surface area contributed by atoms with Gasteiger partial charge in [0.25, 0.3) is 0 Å². The Morgan fingerprint density at radius 1 is 1.27 bits per heavy atom. The number of carbonyl (C=O) groups is 1. The Hall–Kier alpha value is -1.85. The van der Waals surface area contributed by atoms with Gasteiger partial charge in [-0.1, -0.05) is 24.3 Å². The van der Waals surface area contributed by atoms with E-state index in [4.69, 9.17) is 4.74 Å². The van der Waals surface area contributed by atoms with Gasteiger partial charge in [0, 0.05) is 30.1 Å². The zero-order valence-electron chi connectivity index (χ0n) is 12.6. The molecule has 0 saturated carbocycles. The van der Waals surface area contributed by atoms with E-state index in [-0.39, 0.29) is 11.8 Å². The third-order valence-electron chi connectivity index (χ3n) is 3.92. The van der Waals surface area contributed by atoms with E-state index < -0.39 is 0 Å². The van der Waals surface area contributed by atoms with Crippen LogP contribution in [-0.4, -0.2) is 31.0 Å². The normalized spacial score (nSPS) is 14.4. The van der Waals surface area contributed by atoms with Gasteiger partial charge in [0.1, 0.15) is 5.75 Å². The van der Waals surface area contributed by atoms with Crippen LogP contribution >= 0.6 is 11.3 Å². The summed E-state index contributed by atoms with van der Waals surface area (Å²) in [7, 11) is 1.67. The summed E-state index contributed by atoms with van der Waals surface area (Å²) in [5.41, 5.74) is 1.04. The maximum Gasteiger partial charge on any atom is 0.228 e. The van der Waals surface area contributed by atoms with E-state index in [1.165, 1.54) is 4.88 Å². The third kappa shape index (κ3) is 3.31. The van der Waals surface area contributed by atoms with Crippen LogP contribution in [-0.2, 0) is 17.9 Å². The number of nitrogens with one attached hydrogen (secondary N) is 1. The highest BCUT2D eigenvalue weighted by Crippen LogP contribution is 2.23. The van der Waals surface area contributed by atoms with Crippen LogP contribution in [0, 0.1) is 5.92 Å². The second-order valence-corrected chi connectivity index (χ2v) is 6.47. The Balaban J connectivity index is 1.79. The van der Waals surface area contributed by atoms with Crippen LogP contribution in [0.3, 0.4) is 0 Å². The lowest BCUT2D eigenvalue weighted by molar-refractivity contribution is -0.138. The lowest BCUT2D eigenvalue weighted by atomic mass is 10.0. The van der Waals surface area contributed by atoms with Crippen molar-refractivity contribution in [1.82, 2.24) is 10.2 Å². The van der Waals surface area contributed by atoms with Crippen LogP contribution in [0.2, 0.25) is 0 Å². The highest BCUT2D eigenvalue weighted by Gasteiger charge is 2.29. The number of hydrogen-bond donors (Lipinski definition) is 1. The van der Waals surface area contributed by atoms with Crippen molar-refractivity contribution < 1.29 is 9.53 Å². The summed E-state index contributed by atoms with van der Waals surface area (Å²) >= 11 is 1.69. The molecule has 1 aliphatic rings. The summed E-state index contributed by atoms with van der Waals surface area (Å²) in [6.45, 7) is 2.81. The molecule has 2 aromatic rings. The molecule has 1 aromatic carbocycles. The summed E-state index contributed by atoms with van der Waals surface area (Å²) in [5, 5.41) is 5.22. The van der Waals surface area contributed by atoms with Crippen molar-refractivity contribution in [2.45, 2.75) is 13.1 Å². The number of carbonyl (C=O) groups excluding carboxylic acids is 1. The van der Waals surface area contributed by atoms with Gasteiger partial charge in [-0.2, -0.15) is 0 Å². The highest BCUT2D eigenvalue weighted by atomic mass is 32.1. The molecule has 0 aliphatic carbocycles. The highest BCUT2D eigenvalue weighted by molar-refractivity contribution is 7.09. The number of hydrogen-bond acceptors (Lipinski definition) is 4. The van der Waals surface area contributed by atoms with Crippen molar-refractivity contribution >= 4 is 17.2 Å². The van der Waals surface area contributed by atoms with Gasteiger partial charge in [0.2, 0.25) is 5.91 Å². The molecule has 22 heavy (non-hydrogen) atoms. The standard InChI is InChI=1S/C17H20N2O2S/c1-21-16-7-3-2-5-13(16)11-19(12-15-6-4-8-22-15)17(20)14-9-18-10-14/h2-8,14,18H,9-12H2,1H3. The first-order valence-corrected chi connectivity index (χ1v) is 8.29. The van der Waals surface area contributed by atoms with Crippen molar-refractivity contribution in [3.8, 4) is 5.75 Å². The quantitative estimate of drug-likeness (QED) is 0.890. The molecule has 2 heterocycles. The molecule has 1 aromatic heterocycles. The van der Waals surface area contributed by atoms with Crippen molar-refractivity contribution in [2.24, 2.45) is 5.92 Å². The van der Waals surface area contributed by atoms with Gasteiger partial charge < -0.3 is 15.0 Å². The van der Waals surface area contributed by atoms with Crippen LogP contribution in [0.4, 0.5) is 0 Å². The molecule has 1 aliphatic heterocycles. The fourth-order valence-corrected chi connectivity index (χ4v) is 3.28. The number of methoxy groups -OCH3 is 1. The minimum Gasteiger partial charge on any atom is -0.496 e. The molecule has 0 bridgehead atoms. The van der Waals surface area contributed by atoms with Gasteiger partial charge in [-0.05, 0) is 17.5 Å². The summed E-state index contributed by atoms with van der Waals surface area (Å²) in [4.78, 5) is 15.8. The monoisotopic (exact) mass is 316 g/mol. The molecule has 0 radical (unpaired) electrons. The molecule has 0 unspecified atom stereocenters. The molecule has 0 atom stereocenters. The second kappa shape index (κ2) is 6.94. The zero-order valence-corrected chi connectivity index (χ0v) is 13.4. The Labute approximate surface area is 134 Å². The molecule has 1 amide bonds. The van der Waals surface area contributed by atoms with Gasteiger partial charge in [-0.3, -0.25) is 4.79 Å². The van der Waals surface area contributed by atoms with Crippen LogP contribution in [0.5, 0.6) is 5.75 Å². The van der Waals surface area contributed by atoms with Gasteiger partial charge in [-0.15, -0.1) is 11.3 Å². The van der Waals surface area contributed by atoms with Crippen LogP contribution < -0.4 is 10.1 Å². The maximum atomic E-state index is 12.7. The number of amides is 1. The number of ether oxygens (including phenoxy) is 1. The average Bonchev–Trinajstić information content (AvgIpc) is 2.98. The molecular weight excluding hydrogens is 296 g/mol. The van der Waals surface area contributed by atoms with E-state index in [1.807, 2.05) is 40.6 Å². The third-order valence-corrected chi connectivity index (χ3v) is 4.78. The number of para-hydroxylation sites is 1. The van der Waals surface area contributed by atoms with E-state index >= 15 is 0 Å².